The van der Waals surface area contributed by atoms with Gasteiger partial charge in [-0.15, -0.1) is 0 Å². The molecule has 0 fully saturated rings. The number of nitro groups is 1. The first kappa shape index (κ1) is 19.3. The lowest BCUT2D eigenvalue weighted by Gasteiger charge is -2.14. The van der Waals surface area contributed by atoms with E-state index in [2.05, 4.69) is 15.2 Å². The lowest BCUT2D eigenvalue weighted by molar-refractivity contribution is -0.384. The van der Waals surface area contributed by atoms with Crippen LogP contribution in [0.25, 0.3) is 11.4 Å². The van der Waals surface area contributed by atoms with Gasteiger partial charge in [0.25, 0.3) is 5.69 Å². The molecule has 0 spiro atoms. The average molecular weight is 383 g/mol. The maximum absolute atomic E-state index is 10.8. The van der Waals surface area contributed by atoms with Crippen LogP contribution >= 0.6 is 0 Å². The van der Waals surface area contributed by atoms with E-state index in [0.29, 0.717) is 41.9 Å². The van der Waals surface area contributed by atoms with Crippen LogP contribution in [0.4, 0.5) is 5.69 Å². The fourth-order valence-electron chi connectivity index (χ4n) is 2.69. The van der Waals surface area contributed by atoms with Crippen LogP contribution in [0, 0.1) is 10.1 Å². The van der Waals surface area contributed by atoms with Crippen molar-refractivity contribution in [3.8, 4) is 22.9 Å². The summed E-state index contributed by atoms with van der Waals surface area (Å²) in [6.07, 6.45) is 0. The van der Waals surface area contributed by atoms with E-state index in [0.717, 1.165) is 5.56 Å². The second kappa shape index (κ2) is 8.49. The first-order chi connectivity index (χ1) is 13.5. The lowest BCUT2D eigenvalue weighted by Crippen LogP contribution is -2.14. The van der Waals surface area contributed by atoms with Gasteiger partial charge in [0.1, 0.15) is 5.82 Å². The van der Waals surface area contributed by atoms with Gasteiger partial charge in [0.05, 0.1) is 24.2 Å². The summed E-state index contributed by atoms with van der Waals surface area (Å²) in [6, 6.07) is 11.0. The highest BCUT2D eigenvalue weighted by atomic mass is 16.6. The van der Waals surface area contributed by atoms with Gasteiger partial charge in [-0.05, 0) is 43.7 Å². The van der Waals surface area contributed by atoms with Crippen LogP contribution in [0.2, 0.25) is 0 Å². The van der Waals surface area contributed by atoms with Crippen molar-refractivity contribution in [2.45, 2.75) is 19.9 Å². The van der Waals surface area contributed by atoms with Crippen molar-refractivity contribution in [3.05, 3.63) is 64.0 Å². The Labute approximate surface area is 161 Å². The molecule has 3 rings (SSSR count). The summed E-state index contributed by atoms with van der Waals surface area (Å²) in [6.45, 7) is 4.84. The van der Waals surface area contributed by atoms with Crippen molar-refractivity contribution in [2.75, 3.05) is 13.2 Å². The van der Waals surface area contributed by atoms with Crippen molar-refractivity contribution in [3.63, 3.8) is 0 Å². The minimum absolute atomic E-state index is 0.00838. The molecule has 0 saturated heterocycles. The number of nitrogens with zero attached hydrogens (tertiary/aromatic N) is 3. The molecular weight excluding hydrogens is 362 g/mol. The molecule has 9 nitrogen and oxygen atoms in total. The van der Waals surface area contributed by atoms with Crippen LogP contribution in [-0.4, -0.2) is 33.3 Å². The smallest absolute Gasteiger partial charge is 0.269 e. The number of ether oxygens (including phenoxy) is 2. The van der Waals surface area contributed by atoms with E-state index in [1.54, 1.807) is 12.1 Å². The number of nitro benzene ring substituents is 1. The molecule has 1 heterocycles. The van der Waals surface area contributed by atoms with E-state index >= 15 is 0 Å². The monoisotopic (exact) mass is 383 g/mol. The predicted molar refractivity (Wildman–Crippen MR) is 103 cm³/mol. The number of nitrogens with one attached hydrogen (secondary N) is 1. The number of aromatic amines is 1. The highest BCUT2D eigenvalue weighted by Crippen LogP contribution is 2.31. The number of nitrogens with two attached hydrogens (primary N) is 1. The van der Waals surface area contributed by atoms with Gasteiger partial charge < -0.3 is 15.2 Å². The molecule has 0 aliphatic heterocycles. The van der Waals surface area contributed by atoms with Crippen LogP contribution < -0.4 is 15.2 Å². The third-order valence-electron chi connectivity index (χ3n) is 4.06. The molecule has 2 aromatic carbocycles. The van der Waals surface area contributed by atoms with Crippen molar-refractivity contribution in [2.24, 2.45) is 5.73 Å². The number of hydrogen-bond acceptors (Lipinski definition) is 7. The van der Waals surface area contributed by atoms with E-state index < -0.39 is 11.0 Å². The number of benzene rings is 2. The Hall–Kier alpha value is -3.46. The van der Waals surface area contributed by atoms with Crippen LogP contribution in [0.1, 0.15) is 31.3 Å². The molecule has 0 radical (unpaired) electrons. The lowest BCUT2D eigenvalue weighted by atomic mass is 10.1. The maximum atomic E-state index is 10.8. The highest BCUT2D eigenvalue weighted by Gasteiger charge is 2.18. The van der Waals surface area contributed by atoms with Crippen molar-refractivity contribution in [1.29, 1.82) is 0 Å². The quantitative estimate of drug-likeness (QED) is 0.451. The van der Waals surface area contributed by atoms with Crippen molar-refractivity contribution in [1.82, 2.24) is 15.2 Å². The van der Waals surface area contributed by atoms with Crippen molar-refractivity contribution < 1.29 is 14.4 Å². The summed E-state index contributed by atoms with van der Waals surface area (Å²) in [5.41, 5.74) is 7.79. The fourth-order valence-corrected chi connectivity index (χ4v) is 2.69. The average Bonchev–Trinajstić information content (AvgIpc) is 3.19. The topological polar surface area (TPSA) is 129 Å². The summed E-state index contributed by atoms with van der Waals surface area (Å²) in [4.78, 5) is 14.7. The maximum Gasteiger partial charge on any atom is 0.269 e. The van der Waals surface area contributed by atoms with Gasteiger partial charge in [-0.3, -0.25) is 15.2 Å². The number of hydrogen-bond donors (Lipinski definition) is 2. The van der Waals surface area contributed by atoms with E-state index in [9.17, 15) is 10.1 Å². The zero-order valence-electron chi connectivity index (χ0n) is 15.6. The Balaban J connectivity index is 1.84. The van der Waals surface area contributed by atoms with Gasteiger partial charge in [0.15, 0.2) is 17.3 Å². The first-order valence-electron chi connectivity index (χ1n) is 8.85. The van der Waals surface area contributed by atoms with E-state index in [1.807, 2.05) is 32.0 Å². The molecule has 3 aromatic rings. The summed E-state index contributed by atoms with van der Waals surface area (Å²) in [5.74, 6) is 2.16. The Morgan fingerprint density at radius 3 is 2.43 bits per heavy atom. The molecule has 0 saturated carbocycles. The number of H-pyrrole nitrogens is 1. The molecule has 0 bridgehead atoms. The van der Waals surface area contributed by atoms with Crippen LogP contribution in [-0.2, 0) is 0 Å². The zero-order chi connectivity index (χ0) is 20.1. The SMILES string of the molecule is CCOc1ccc([C@H](N)c2nc(-c3ccc([N+](=O)[O-])cc3)n[nH]2)cc1OCC. The number of aromatic nitrogens is 3. The number of rotatable bonds is 8. The summed E-state index contributed by atoms with van der Waals surface area (Å²) >= 11 is 0. The van der Waals surface area contributed by atoms with Crippen LogP contribution in [0.3, 0.4) is 0 Å². The van der Waals surface area contributed by atoms with Gasteiger partial charge in [-0.1, -0.05) is 6.07 Å². The Kier molecular flexibility index (Phi) is 5.85. The first-order valence-corrected chi connectivity index (χ1v) is 8.85. The van der Waals surface area contributed by atoms with Gasteiger partial charge in [-0.25, -0.2) is 4.98 Å². The Morgan fingerprint density at radius 2 is 1.79 bits per heavy atom. The molecule has 9 heteroatoms. The summed E-state index contributed by atoms with van der Waals surface area (Å²) in [7, 11) is 0. The predicted octanol–water partition coefficient (Wildman–Crippen LogP) is 3.23. The largest absolute Gasteiger partial charge is 0.490 e. The molecule has 28 heavy (non-hydrogen) atoms. The van der Waals surface area contributed by atoms with Crippen molar-refractivity contribution >= 4 is 5.69 Å². The van der Waals surface area contributed by atoms with E-state index in [1.165, 1.54) is 12.1 Å². The second-order valence-corrected chi connectivity index (χ2v) is 5.90. The number of non-ortho nitro benzene ring substituents is 1. The molecule has 0 aliphatic carbocycles. The standard InChI is InChI=1S/C19H21N5O4/c1-3-27-15-10-7-13(11-16(15)28-4-2)17(20)19-21-18(22-23-19)12-5-8-14(9-6-12)24(25)26/h5-11,17H,3-4,20H2,1-2H3,(H,21,22,23)/t17-/m0/s1. The fraction of sp³-hybridized carbons (Fsp3) is 0.263. The molecule has 0 amide bonds. The minimum atomic E-state index is -0.547. The zero-order valence-corrected chi connectivity index (χ0v) is 15.6. The molecule has 1 atom stereocenters. The Morgan fingerprint density at radius 1 is 1.11 bits per heavy atom. The molecule has 146 valence electrons. The highest BCUT2D eigenvalue weighted by molar-refractivity contribution is 5.57. The van der Waals surface area contributed by atoms with Gasteiger partial charge in [-0.2, -0.15) is 5.10 Å². The molecular formula is C19H21N5O4. The van der Waals surface area contributed by atoms with Crippen LogP contribution in [0.15, 0.2) is 42.5 Å². The molecule has 0 unspecified atom stereocenters. The third kappa shape index (κ3) is 4.09. The second-order valence-electron chi connectivity index (χ2n) is 5.90. The normalized spacial score (nSPS) is 11.8. The van der Waals surface area contributed by atoms with E-state index in [-0.39, 0.29) is 5.69 Å². The van der Waals surface area contributed by atoms with Crippen LogP contribution in [0.5, 0.6) is 11.5 Å². The molecule has 3 N–H and O–H groups in total. The molecule has 0 aliphatic rings. The van der Waals surface area contributed by atoms with Gasteiger partial charge in [0.2, 0.25) is 0 Å². The minimum Gasteiger partial charge on any atom is -0.490 e. The van der Waals surface area contributed by atoms with Gasteiger partial charge >= 0.3 is 0 Å². The summed E-state index contributed by atoms with van der Waals surface area (Å²) < 4.78 is 11.2. The summed E-state index contributed by atoms with van der Waals surface area (Å²) in [5, 5.41) is 17.8. The Bertz CT molecular complexity index is 955. The van der Waals surface area contributed by atoms with Gasteiger partial charge in [0, 0.05) is 17.7 Å². The molecule has 1 aromatic heterocycles. The third-order valence-corrected chi connectivity index (χ3v) is 4.06. The van der Waals surface area contributed by atoms with E-state index in [4.69, 9.17) is 15.2 Å².